The van der Waals surface area contributed by atoms with Gasteiger partial charge in [-0.15, -0.1) is 11.3 Å². The molecule has 0 atom stereocenters. The van der Waals surface area contributed by atoms with Crippen LogP contribution in [0.15, 0.2) is 6.07 Å². The lowest BCUT2D eigenvalue weighted by Crippen LogP contribution is -2.47. The fourth-order valence-electron chi connectivity index (χ4n) is 5.34. The van der Waals surface area contributed by atoms with Crippen molar-refractivity contribution >= 4 is 36.3 Å². The topological polar surface area (TPSA) is 83.9 Å². The van der Waals surface area contributed by atoms with Crippen LogP contribution in [-0.2, 0) is 19.3 Å². The molecule has 6 nitrogen and oxygen atoms in total. The maximum Gasteiger partial charge on any atom is 0.348 e. The Morgan fingerprint density at radius 3 is 2.11 bits per heavy atom. The predicted molar refractivity (Wildman–Crippen MR) is 144 cm³/mol. The third-order valence-corrected chi connectivity index (χ3v) is 12.0. The molecule has 3 rings (SSSR count). The fraction of sp³-hybridized carbons (Fsp3) is 0.778. The Morgan fingerprint density at radius 2 is 1.63 bits per heavy atom. The molecule has 0 radical (unpaired) electrons. The second kappa shape index (κ2) is 11.5. The summed E-state index contributed by atoms with van der Waals surface area (Å²) in [6, 6.07) is 1.88. The summed E-state index contributed by atoms with van der Waals surface area (Å²) in [7, 11) is -2.59. The van der Waals surface area contributed by atoms with Crippen LogP contribution in [0.5, 0.6) is 0 Å². The van der Waals surface area contributed by atoms with Gasteiger partial charge in [-0.05, 0) is 68.8 Å². The summed E-state index contributed by atoms with van der Waals surface area (Å²) in [5.41, 5.74) is 0.364. The van der Waals surface area contributed by atoms with E-state index in [4.69, 9.17) is 4.52 Å². The van der Waals surface area contributed by atoms with Gasteiger partial charge in [-0.3, -0.25) is 9.36 Å². The van der Waals surface area contributed by atoms with Crippen molar-refractivity contribution in [1.82, 2.24) is 0 Å². The van der Waals surface area contributed by atoms with Gasteiger partial charge < -0.3 is 14.5 Å². The highest BCUT2D eigenvalue weighted by molar-refractivity contribution is 7.58. The van der Waals surface area contributed by atoms with E-state index in [2.05, 4.69) is 27.7 Å². The van der Waals surface area contributed by atoms with Gasteiger partial charge in [-0.1, -0.05) is 41.5 Å². The molecular formula is C27H44NO5PS. The van der Waals surface area contributed by atoms with E-state index in [-0.39, 0.29) is 34.3 Å². The normalized spacial score (nSPS) is 25.9. The summed E-state index contributed by atoms with van der Waals surface area (Å²) in [5.74, 6) is -0.314. The molecule has 0 saturated heterocycles. The van der Waals surface area contributed by atoms with E-state index >= 15 is 0 Å². The zero-order valence-corrected chi connectivity index (χ0v) is 24.1. The number of hydrogen-bond acceptors (Lipinski definition) is 5. The minimum atomic E-state index is -2.59. The Morgan fingerprint density at radius 1 is 1.06 bits per heavy atom. The van der Waals surface area contributed by atoms with Gasteiger partial charge >= 0.3 is 5.97 Å². The quantitative estimate of drug-likeness (QED) is 0.354. The van der Waals surface area contributed by atoms with Crippen LogP contribution in [0.25, 0.3) is 0 Å². The van der Waals surface area contributed by atoms with E-state index in [0.717, 1.165) is 56.2 Å². The maximum absolute atomic E-state index is 14.0. The number of thiophene rings is 1. The monoisotopic (exact) mass is 525 g/mol. The van der Waals surface area contributed by atoms with Crippen LogP contribution in [0.3, 0.4) is 0 Å². The highest BCUT2D eigenvalue weighted by Gasteiger charge is 2.39. The standard InChI is InChI=1S/C27H44NO5PS/c1-7-34(32,8-2)33-21-15-13-20(14-16-21)28(25(29)19-11-9-18(3)10-12-19)22-17-23(27(4,5)6)35-24(22)26(30)31/h17-21H,7-16H2,1-6H3,(H,30,31). The van der Waals surface area contributed by atoms with Crippen LogP contribution >= 0.6 is 18.7 Å². The molecule has 2 saturated carbocycles. The van der Waals surface area contributed by atoms with Crippen molar-refractivity contribution in [2.75, 3.05) is 17.2 Å². The van der Waals surface area contributed by atoms with Gasteiger partial charge in [0.2, 0.25) is 13.3 Å². The summed E-state index contributed by atoms with van der Waals surface area (Å²) in [5, 5.41) is 10.1. The van der Waals surface area contributed by atoms with E-state index < -0.39 is 13.3 Å². The summed E-state index contributed by atoms with van der Waals surface area (Å²) < 4.78 is 18.9. The van der Waals surface area contributed by atoms with Gasteiger partial charge in [0.25, 0.3) is 0 Å². The van der Waals surface area contributed by atoms with Gasteiger partial charge in [-0.2, -0.15) is 0 Å². The molecule has 1 heterocycles. The van der Waals surface area contributed by atoms with Crippen molar-refractivity contribution in [1.29, 1.82) is 0 Å². The summed E-state index contributed by atoms with van der Waals surface area (Å²) >= 11 is 1.29. The number of aromatic carboxylic acids is 1. The SMILES string of the molecule is CCP(=O)(CC)OC1CCC(N(C(=O)C2CCC(C)CC2)c2cc(C(C)(C)C)sc2C(=O)O)CC1. The molecular weight excluding hydrogens is 481 g/mol. The summed E-state index contributed by atoms with van der Waals surface area (Å²) in [6.07, 6.45) is 7.76. The predicted octanol–water partition coefficient (Wildman–Crippen LogP) is 7.55. The highest BCUT2D eigenvalue weighted by atomic mass is 32.1. The van der Waals surface area contributed by atoms with Crippen LogP contribution in [0, 0.1) is 11.8 Å². The Labute approximate surface area is 215 Å². The number of nitrogens with zero attached hydrogens (tertiary/aromatic N) is 1. The molecule has 0 unspecified atom stereocenters. The van der Waals surface area contributed by atoms with E-state index in [1.54, 1.807) is 0 Å². The van der Waals surface area contributed by atoms with Crippen molar-refractivity contribution in [3.63, 3.8) is 0 Å². The van der Waals surface area contributed by atoms with E-state index in [1.807, 2.05) is 24.8 Å². The third kappa shape index (κ3) is 6.78. The van der Waals surface area contributed by atoms with Crippen LogP contribution in [0.2, 0.25) is 0 Å². The van der Waals surface area contributed by atoms with Crippen molar-refractivity contribution in [2.45, 2.75) is 110 Å². The average Bonchev–Trinajstić information content (AvgIpc) is 3.27. The number of carbonyl (C=O) groups is 2. The van der Waals surface area contributed by atoms with Gasteiger partial charge in [0.05, 0.1) is 11.8 Å². The Kier molecular flexibility index (Phi) is 9.31. The summed E-state index contributed by atoms with van der Waals surface area (Å²) in [6.45, 7) is 12.3. The molecule has 1 aromatic heterocycles. The number of anilines is 1. The van der Waals surface area contributed by atoms with E-state index in [1.165, 1.54) is 11.3 Å². The molecule has 8 heteroatoms. The first-order chi connectivity index (χ1) is 16.4. The molecule has 0 spiro atoms. The largest absolute Gasteiger partial charge is 0.477 e. The second-order valence-corrected chi connectivity index (χ2v) is 15.7. The minimum absolute atomic E-state index is 0.0554. The lowest BCUT2D eigenvalue weighted by molar-refractivity contribution is -0.124. The molecule has 1 N–H and O–H groups in total. The minimum Gasteiger partial charge on any atom is -0.477 e. The maximum atomic E-state index is 14.0. The first-order valence-corrected chi connectivity index (χ1v) is 16.2. The molecule has 1 amide bonds. The van der Waals surface area contributed by atoms with Crippen molar-refractivity contribution in [2.24, 2.45) is 11.8 Å². The number of amides is 1. The number of carboxylic acids is 1. The molecule has 0 aliphatic heterocycles. The van der Waals surface area contributed by atoms with Crippen LogP contribution in [0.4, 0.5) is 5.69 Å². The van der Waals surface area contributed by atoms with Gasteiger partial charge in [-0.25, -0.2) is 4.79 Å². The molecule has 35 heavy (non-hydrogen) atoms. The number of carbonyl (C=O) groups excluding carboxylic acids is 1. The molecule has 0 bridgehead atoms. The fourth-order valence-corrected chi connectivity index (χ4v) is 7.88. The van der Waals surface area contributed by atoms with Crippen molar-refractivity contribution in [3.05, 3.63) is 15.8 Å². The molecule has 0 aromatic carbocycles. The Balaban J connectivity index is 1.91. The lowest BCUT2D eigenvalue weighted by Gasteiger charge is -2.40. The molecule has 1 aromatic rings. The third-order valence-electron chi connectivity index (χ3n) is 7.82. The molecule has 2 aliphatic rings. The Hall–Kier alpha value is -1.17. The van der Waals surface area contributed by atoms with Crippen LogP contribution < -0.4 is 4.90 Å². The van der Waals surface area contributed by atoms with Gasteiger partial charge in [0.15, 0.2) is 0 Å². The van der Waals surface area contributed by atoms with Crippen molar-refractivity contribution in [3.8, 4) is 0 Å². The number of rotatable bonds is 8. The second-order valence-electron chi connectivity index (χ2n) is 11.5. The smallest absolute Gasteiger partial charge is 0.348 e. The number of hydrogen-bond donors (Lipinski definition) is 1. The van der Waals surface area contributed by atoms with Gasteiger partial charge in [0, 0.05) is 29.2 Å². The number of carboxylic acid groups (broad SMARTS) is 1. The average molecular weight is 526 g/mol. The van der Waals surface area contributed by atoms with E-state index in [9.17, 15) is 19.3 Å². The molecule has 2 fully saturated rings. The van der Waals surface area contributed by atoms with Crippen molar-refractivity contribution < 1.29 is 23.8 Å². The van der Waals surface area contributed by atoms with Crippen LogP contribution in [-0.4, -0.2) is 41.5 Å². The van der Waals surface area contributed by atoms with E-state index in [0.29, 0.717) is 23.9 Å². The zero-order chi connectivity index (χ0) is 26.0. The summed E-state index contributed by atoms with van der Waals surface area (Å²) in [4.78, 5) is 29.4. The molecule has 198 valence electrons. The molecule has 2 aliphatic carbocycles. The highest BCUT2D eigenvalue weighted by Crippen LogP contribution is 2.49. The Bertz CT molecular complexity index is 928. The van der Waals surface area contributed by atoms with Crippen LogP contribution in [0.1, 0.15) is 107 Å². The zero-order valence-electron chi connectivity index (χ0n) is 22.3. The van der Waals surface area contributed by atoms with Gasteiger partial charge in [0.1, 0.15) is 4.88 Å². The lowest BCUT2D eigenvalue weighted by atomic mass is 9.81. The first-order valence-electron chi connectivity index (χ1n) is 13.4. The first kappa shape index (κ1) is 28.4.